The van der Waals surface area contributed by atoms with E-state index in [2.05, 4.69) is 5.32 Å². The molecule has 0 radical (unpaired) electrons. The van der Waals surface area contributed by atoms with Gasteiger partial charge in [0, 0.05) is 18.2 Å². The summed E-state index contributed by atoms with van der Waals surface area (Å²) in [4.78, 5) is 22.5. The molecule has 0 spiro atoms. The Labute approximate surface area is 212 Å². The van der Waals surface area contributed by atoms with E-state index in [-0.39, 0.29) is 30.2 Å². The number of halogens is 2. The van der Waals surface area contributed by atoms with Crippen LogP contribution < -0.4 is 15.0 Å². The molecule has 37 heavy (non-hydrogen) atoms. The third kappa shape index (κ3) is 7.48. The molecule has 0 bridgehead atoms. The summed E-state index contributed by atoms with van der Waals surface area (Å²) in [6.07, 6.45) is -1.97. The number of carbonyl (C=O) groups excluding carboxylic acids is 1. The Hall–Kier alpha value is -4.02. The van der Waals surface area contributed by atoms with Gasteiger partial charge in [0.05, 0.1) is 11.8 Å². The van der Waals surface area contributed by atoms with E-state index in [1.54, 1.807) is 42.5 Å². The average Bonchev–Trinajstić information content (AvgIpc) is 2.88. The number of imide groups is 1. The number of phenolic OH excluding ortho intramolecular Hbond substituents is 1. The molecule has 8 nitrogen and oxygen atoms in total. The first-order valence-electron chi connectivity index (χ1n) is 11.5. The smallest absolute Gasteiger partial charge is 0.418 e. The van der Waals surface area contributed by atoms with Crippen LogP contribution in [-0.2, 0) is 17.1 Å². The minimum atomic E-state index is -3.11. The van der Waals surface area contributed by atoms with E-state index < -0.39 is 30.5 Å². The van der Waals surface area contributed by atoms with E-state index in [0.717, 1.165) is 5.56 Å². The van der Waals surface area contributed by atoms with Crippen LogP contribution in [0.15, 0.2) is 72.8 Å². The predicted molar refractivity (Wildman–Crippen MR) is 133 cm³/mol. The molecule has 0 aliphatic rings. The minimum absolute atomic E-state index is 0.0546. The maximum Gasteiger partial charge on any atom is 0.418 e. The van der Waals surface area contributed by atoms with Crippen molar-refractivity contribution in [3.05, 3.63) is 89.5 Å². The van der Waals surface area contributed by atoms with Gasteiger partial charge in [0.15, 0.2) is 6.61 Å². The predicted octanol–water partition coefficient (Wildman–Crippen LogP) is 4.46. The molecular weight excluding hydrogens is 486 g/mol. The first-order chi connectivity index (χ1) is 17.6. The van der Waals surface area contributed by atoms with Crippen molar-refractivity contribution >= 4 is 18.2 Å². The van der Waals surface area contributed by atoms with Crippen molar-refractivity contribution < 1.29 is 38.4 Å². The Morgan fingerprint density at radius 3 is 2.41 bits per heavy atom. The Bertz CT molecular complexity index is 1190. The fourth-order valence-corrected chi connectivity index (χ4v) is 3.66. The largest absolute Gasteiger partial charge is 0.506 e. The van der Waals surface area contributed by atoms with Crippen LogP contribution in [0.3, 0.4) is 0 Å². The highest BCUT2D eigenvalue weighted by molar-refractivity contribution is 6.03. The molecule has 0 saturated carbocycles. The number of benzene rings is 3. The van der Waals surface area contributed by atoms with Gasteiger partial charge in [-0.05, 0) is 48.7 Å². The SMILES string of the molecule is C[C@@H](Cc1ccc(OCC(F)(F)c2ccccc2)cc1)NC[C@@H](O)c1ccc(O)c(N(C=O)C(=O)O)c1. The van der Waals surface area contributed by atoms with E-state index in [4.69, 9.17) is 9.84 Å². The summed E-state index contributed by atoms with van der Waals surface area (Å²) in [5.74, 6) is -3.20. The molecule has 0 aromatic heterocycles. The van der Waals surface area contributed by atoms with Crippen molar-refractivity contribution in [3.8, 4) is 11.5 Å². The summed E-state index contributed by atoms with van der Waals surface area (Å²) in [7, 11) is 0. The summed E-state index contributed by atoms with van der Waals surface area (Å²) >= 11 is 0. The summed E-state index contributed by atoms with van der Waals surface area (Å²) in [5.41, 5.74) is 0.872. The normalized spacial score (nSPS) is 13.0. The van der Waals surface area contributed by atoms with Crippen molar-refractivity contribution in [2.45, 2.75) is 31.4 Å². The number of alkyl halides is 2. The van der Waals surface area contributed by atoms with E-state index in [1.165, 1.54) is 30.3 Å². The number of aliphatic hydroxyl groups is 1. The Morgan fingerprint density at radius 2 is 1.78 bits per heavy atom. The monoisotopic (exact) mass is 514 g/mol. The number of hydrogen-bond acceptors (Lipinski definition) is 6. The number of aliphatic hydroxyl groups excluding tert-OH is 1. The van der Waals surface area contributed by atoms with Crippen molar-refractivity contribution in [1.82, 2.24) is 5.32 Å². The third-order valence-corrected chi connectivity index (χ3v) is 5.70. The lowest BCUT2D eigenvalue weighted by Gasteiger charge is -2.20. The lowest BCUT2D eigenvalue weighted by molar-refractivity contribution is -0.107. The summed E-state index contributed by atoms with van der Waals surface area (Å²) in [6, 6.07) is 18.1. The fraction of sp³-hybridized carbons (Fsp3) is 0.259. The van der Waals surface area contributed by atoms with Gasteiger partial charge in [-0.3, -0.25) is 4.79 Å². The van der Waals surface area contributed by atoms with Crippen molar-refractivity contribution in [2.75, 3.05) is 18.1 Å². The number of anilines is 1. The standard InChI is InChI=1S/C27H28F2N2O6/c1-18(30-15-25(34)20-9-12-24(33)23(14-20)31(17-32)26(35)36)13-19-7-10-22(11-8-19)37-16-27(28,29)21-5-3-2-4-6-21/h2-12,14,17-18,25,30,33-34H,13,15-16H2,1H3,(H,35,36)/t18-,25+/m0/s1. The Kier molecular flexibility index (Phi) is 9.15. The quantitative estimate of drug-likeness (QED) is 0.264. The number of rotatable bonds is 12. The van der Waals surface area contributed by atoms with Gasteiger partial charge in [-0.1, -0.05) is 48.5 Å². The minimum Gasteiger partial charge on any atom is -0.506 e. The second-order valence-electron chi connectivity index (χ2n) is 8.54. The second-order valence-corrected chi connectivity index (χ2v) is 8.54. The Morgan fingerprint density at radius 1 is 1.11 bits per heavy atom. The Balaban J connectivity index is 1.51. The van der Waals surface area contributed by atoms with Crippen molar-refractivity contribution in [2.24, 2.45) is 0 Å². The topological polar surface area (TPSA) is 119 Å². The molecule has 2 amide bonds. The molecule has 196 valence electrons. The summed E-state index contributed by atoms with van der Waals surface area (Å²) in [5, 5.41) is 32.7. The van der Waals surface area contributed by atoms with Crippen LogP contribution in [0.2, 0.25) is 0 Å². The second kappa shape index (κ2) is 12.3. The summed E-state index contributed by atoms with van der Waals surface area (Å²) < 4.78 is 33.9. The van der Waals surface area contributed by atoms with Gasteiger partial charge in [-0.15, -0.1) is 0 Å². The number of hydrogen-bond donors (Lipinski definition) is 4. The van der Waals surface area contributed by atoms with Crippen LogP contribution in [0.4, 0.5) is 19.3 Å². The van der Waals surface area contributed by atoms with Crippen LogP contribution >= 0.6 is 0 Å². The number of amides is 2. The summed E-state index contributed by atoms with van der Waals surface area (Å²) in [6.45, 7) is 1.25. The van der Waals surface area contributed by atoms with Crippen LogP contribution in [0, 0.1) is 0 Å². The fourth-order valence-electron chi connectivity index (χ4n) is 3.66. The van der Waals surface area contributed by atoms with E-state index in [1.807, 2.05) is 6.92 Å². The first kappa shape index (κ1) is 27.6. The lowest BCUT2D eigenvalue weighted by atomic mass is 10.0. The van der Waals surface area contributed by atoms with E-state index in [0.29, 0.717) is 22.6 Å². The molecule has 3 aromatic carbocycles. The van der Waals surface area contributed by atoms with Crippen molar-refractivity contribution in [1.29, 1.82) is 0 Å². The molecular formula is C27H28F2N2O6. The molecule has 10 heteroatoms. The molecule has 3 aromatic rings. The highest BCUT2D eigenvalue weighted by Gasteiger charge is 2.32. The number of nitrogens with one attached hydrogen (secondary N) is 1. The first-order valence-corrected chi connectivity index (χ1v) is 11.5. The number of aromatic hydroxyl groups is 1. The molecule has 2 atom stereocenters. The highest BCUT2D eigenvalue weighted by Crippen LogP contribution is 2.30. The number of ether oxygens (including phenoxy) is 1. The molecule has 0 fully saturated rings. The maximum absolute atomic E-state index is 14.3. The van der Waals surface area contributed by atoms with Crippen molar-refractivity contribution in [3.63, 3.8) is 0 Å². The number of phenols is 1. The zero-order chi connectivity index (χ0) is 27.0. The van der Waals surface area contributed by atoms with Gasteiger partial charge in [0.2, 0.25) is 6.41 Å². The zero-order valence-electron chi connectivity index (χ0n) is 20.1. The zero-order valence-corrected chi connectivity index (χ0v) is 20.1. The van der Waals surface area contributed by atoms with Crippen LogP contribution in [-0.4, -0.2) is 47.0 Å². The van der Waals surface area contributed by atoms with Crippen LogP contribution in [0.5, 0.6) is 11.5 Å². The van der Waals surface area contributed by atoms with Gasteiger partial charge in [-0.2, -0.15) is 8.78 Å². The average molecular weight is 515 g/mol. The van der Waals surface area contributed by atoms with Gasteiger partial charge >= 0.3 is 12.0 Å². The van der Waals surface area contributed by atoms with Crippen LogP contribution in [0.25, 0.3) is 0 Å². The molecule has 0 aliphatic heterocycles. The molecule has 0 unspecified atom stereocenters. The van der Waals surface area contributed by atoms with Gasteiger partial charge in [-0.25, -0.2) is 9.69 Å². The number of carboxylic acid groups (broad SMARTS) is 1. The van der Waals surface area contributed by atoms with E-state index in [9.17, 15) is 28.6 Å². The van der Waals surface area contributed by atoms with E-state index >= 15 is 0 Å². The van der Waals surface area contributed by atoms with Gasteiger partial charge in [0.25, 0.3) is 0 Å². The number of nitrogens with zero attached hydrogens (tertiary/aromatic N) is 1. The number of carbonyl (C=O) groups is 2. The third-order valence-electron chi connectivity index (χ3n) is 5.70. The molecule has 0 heterocycles. The lowest BCUT2D eigenvalue weighted by Crippen LogP contribution is -2.32. The maximum atomic E-state index is 14.3. The van der Waals surface area contributed by atoms with Gasteiger partial charge in [0.1, 0.15) is 11.5 Å². The molecule has 0 saturated heterocycles. The van der Waals surface area contributed by atoms with Crippen LogP contribution in [0.1, 0.15) is 29.7 Å². The van der Waals surface area contributed by atoms with Gasteiger partial charge < -0.3 is 25.4 Å². The molecule has 0 aliphatic carbocycles. The highest BCUT2D eigenvalue weighted by atomic mass is 19.3. The molecule has 4 N–H and O–H groups in total. The molecule has 3 rings (SSSR count).